The molecule has 1 nitrogen and oxygen atoms in total. The number of rotatable bonds is 3. The van der Waals surface area contributed by atoms with Gasteiger partial charge in [-0.25, -0.2) is 0 Å². The van der Waals surface area contributed by atoms with Gasteiger partial charge in [0.05, 0.1) is 0 Å². The molecule has 0 saturated heterocycles. The molecule has 0 aromatic heterocycles. The Morgan fingerprint density at radius 2 is 1.67 bits per heavy atom. The van der Waals surface area contributed by atoms with E-state index >= 15 is 0 Å². The van der Waals surface area contributed by atoms with E-state index in [1.807, 2.05) is 0 Å². The highest BCUT2D eigenvalue weighted by Gasteiger charge is 2.26. The van der Waals surface area contributed by atoms with Crippen molar-refractivity contribution >= 4 is 37.5 Å². The van der Waals surface area contributed by atoms with Crippen LogP contribution in [0.25, 0.3) is 0 Å². The summed E-state index contributed by atoms with van der Waals surface area (Å²) in [5.74, 6) is 0.603. The minimum Gasteiger partial charge on any atom is -0.381 e. The molecule has 1 fully saturated rings. The van der Waals surface area contributed by atoms with Crippen LogP contribution >= 0.6 is 31.9 Å². The minimum absolute atomic E-state index is 0.506. The summed E-state index contributed by atoms with van der Waals surface area (Å²) in [6.07, 6.45) is 5.15. The summed E-state index contributed by atoms with van der Waals surface area (Å²) in [6, 6.07) is 17.7. The third-order valence-corrected chi connectivity index (χ3v) is 5.45. The summed E-state index contributed by atoms with van der Waals surface area (Å²) >= 11 is 7.21. The van der Waals surface area contributed by atoms with Crippen molar-refractivity contribution in [3.63, 3.8) is 0 Å². The molecular weight excluding hydrogens is 390 g/mol. The maximum absolute atomic E-state index is 3.76. The second-order valence-electron chi connectivity index (χ2n) is 5.68. The summed E-state index contributed by atoms with van der Waals surface area (Å²) in [7, 11) is 0. The van der Waals surface area contributed by atoms with Gasteiger partial charge in [-0.15, -0.1) is 0 Å². The van der Waals surface area contributed by atoms with Gasteiger partial charge in [0.15, 0.2) is 0 Å². The first-order valence-corrected chi connectivity index (χ1v) is 9.09. The third-order valence-electron chi connectivity index (χ3n) is 4.26. The molecule has 1 aliphatic rings. The molecule has 3 heteroatoms. The summed E-state index contributed by atoms with van der Waals surface area (Å²) in [5.41, 5.74) is 2.64. The second-order valence-corrected chi connectivity index (χ2v) is 7.45. The number of anilines is 1. The Balaban J connectivity index is 1.83. The number of halogens is 2. The van der Waals surface area contributed by atoms with Crippen molar-refractivity contribution in [1.82, 2.24) is 0 Å². The summed E-state index contributed by atoms with van der Waals surface area (Å²) in [6.45, 7) is 0. The average molecular weight is 409 g/mol. The van der Waals surface area contributed by atoms with E-state index in [1.54, 1.807) is 0 Å². The zero-order chi connectivity index (χ0) is 14.7. The Morgan fingerprint density at radius 1 is 0.905 bits per heavy atom. The highest BCUT2D eigenvalue weighted by Crippen LogP contribution is 2.36. The molecule has 0 amide bonds. The van der Waals surface area contributed by atoms with E-state index in [1.165, 1.54) is 36.9 Å². The number of nitrogens with one attached hydrogen (secondary N) is 1. The molecule has 2 aromatic rings. The molecule has 0 radical (unpaired) electrons. The maximum Gasteiger partial charge on any atom is 0.0498 e. The molecule has 2 atom stereocenters. The first-order valence-electron chi connectivity index (χ1n) is 7.50. The van der Waals surface area contributed by atoms with Gasteiger partial charge in [0.25, 0.3) is 0 Å². The Kier molecular flexibility index (Phi) is 5.02. The van der Waals surface area contributed by atoms with E-state index in [-0.39, 0.29) is 0 Å². The van der Waals surface area contributed by atoms with Gasteiger partial charge < -0.3 is 5.32 Å². The lowest BCUT2D eigenvalue weighted by Crippen LogP contribution is -2.30. The molecule has 1 saturated carbocycles. The van der Waals surface area contributed by atoms with Crippen LogP contribution in [0.5, 0.6) is 0 Å². The van der Waals surface area contributed by atoms with E-state index in [4.69, 9.17) is 0 Å². The quantitative estimate of drug-likeness (QED) is 0.623. The molecule has 0 spiro atoms. The van der Waals surface area contributed by atoms with Gasteiger partial charge in [-0.1, -0.05) is 59.1 Å². The van der Waals surface area contributed by atoms with E-state index in [2.05, 4.69) is 85.7 Å². The first kappa shape index (κ1) is 15.1. The van der Waals surface area contributed by atoms with Crippen LogP contribution < -0.4 is 5.32 Å². The zero-order valence-corrected chi connectivity index (χ0v) is 15.0. The predicted octanol–water partition coefficient (Wildman–Crippen LogP) is 6.35. The maximum atomic E-state index is 3.76. The Bertz CT molecular complexity index is 597. The first-order chi connectivity index (χ1) is 10.2. The van der Waals surface area contributed by atoms with Crippen molar-refractivity contribution in [2.24, 2.45) is 0 Å². The molecule has 0 heterocycles. The van der Waals surface area contributed by atoms with Gasteiger partial charge >= 0.3 is 0 Å². The lowest BCUT2D eigenvalue weighted by molar-refractivity contribution is 0.405. The topological polar surface area (TPSA) is 12.0 Å². The average Bonchev–Trinajstić information content (AvgIpc) is 2.52. The van der Waals surface area contributed by atoms with Gasteiger partial charge in [0.2, 0.25) is 0 Å². The van der Waals surface area contributed by atoms with Crippen molar-refractivity contribution in [2.75, 3.05) is 5.32 Å². The van der Waals surface area contributed by atoms with Gasteiger partial charge in [-0.2, -0.15) is 0 Å². The number of hydrogen-bond acceptors (Lipinski definition) is 1. The Labute approximate surface area is 143 Å². The molecule has 1 aliphatic carbocycles. The molecule has 3 rings (SSSR count). The minimum atomic E-state index is 0.506. The smallest absolute Gasteiger partial charge is 0.0498 e. The van der Waals surface area contributed by atoms with Crippen molar-refractivity contribution in [3.8, 4) is 0 Å². The molecule has 0 bridgehead atoms. The van der Waals surface area contributed by atoms with Crippen LogP contribution in [0.2, 0.25) is 0 Å². The van der Waals surface area contributed by atoms with Crippen LogP contribution in [0.15, 0.2) is 57.5 Å². The molecular formula is C18H19Br2N. The van der Waals surface area contributed by atoms with Crippen LogP contribution in [0, 0.1) is 0 Å². The standard InChI is InChI=1S/C18H19Br2N/c19-14-10-11-16(20)18(12-14)21-17-9-5-4-8-15(17)13-6-2-1-3-7-13/h1-3,6-7,10-12,15,17,21H,4-5,8-9H2. The largest absolute Gasteiger partial charge is 0.381 e. The zero-order valence-electron chi connectivity index (χ0n) is 11.9. The number of benzene rings is 2. The van der Waals surface area contributed by atoms with Crippen LogP contribution in [0.3, 0.4) is 0 Å². The van der Waals surface area contributed by atoms with Gasteiger partial charge in [0.1, 0.15) is 0 Å². The van der Waals surface area contributed by atoms with Gasteiger partial charge in [-0.3, -0.25) is 0 Å². The summed E-state index contributed by atoms with van der Waals surface area (Å²) in [4.78, 5) is 0. The molecule has 110 valence electrons. The molecule has 2 aromatic carbocycles. The van der Waals surface area contributed by atoms with Crippen molar-refractivity contribution in [2.45, 2.75) is 37.6 Å². The molecule has 2 unspecified atom stereocenters. The van der Waals surface area contributed by atoms with Gasteiger partial charge in [-0.05, 0) is 52.5 Å². The van der Waals surface area contributed by atoms with E-state index in [0.717, 1.165) is 8.95 Å². The van der Waals surface area contributed by atoms with Crippen molar-refractivity contribution in [1.29, 1.82) is 0 Å². The summed E-state index contributed by atoms with van der Waals surface area (Å²) < 4.78 is 2.24. The van der Waals surface area contributed by atoms with E-state index in [9.17, 15) is 0 Å². The Hall–Kier alpha value is -0.800. The number of hydrogen-bond donors (Lipinski definition) is 1. The molecule has 0 aliphatic heterocycles. The van der Waals surface area contributed by atoms with Crippen LogP contribution in [0.1, 0.15) is 37.2 Å². The lowest BCUT2D eigenvalue weighted by atomic mass is 9.80. The van der Waals surface area contributed by atoms with Crippen molar-refractivity contribution < 1.29 is 0 Å². The molecule has 1 N–H and O–H groups in total. The third kappa shape index (κ3) is 3.70. The second kappa shape index (κ2) is 6.97. The van der Waals surface area contributed by atoms with Crippen LogP contribution in [-0.2, 0) is 0 Å². The lowest BCUT2D eigenvalue weighted by Gasteiger charge is -2.33. The van der Waals surface area contributed by atoms with Crippen LogP contribution in [0.4, 0.5) is 5.69 Å². The van der Waals surface area contributed by atoms with Crippen LogP contribution in [-0.4, -0.2) is 6.04 Å². The monoisotopic (exact) mass is 407 g/mol. The molecule has 21 heavy (non-hydrogen) atoms. The fourth-order valence-electron chi connectivity index (χ4n) is 3.21. The summed E-state index contributed by atoms with van der Waals surface area (Å²) in [5, 5.41) is 3.76. The van der Waals surface area contributed by atoms with Gasteiger partial charge in [0, 0.05) is 26.6 Å². The fraction of sp³-hybridized carbons (Fsp3) is 0.333. The van der Waals surface area contributed by atoms with Crippen molar-refractivity contribution in [3.05, 3.63) is 63.0 Å². The highest BCUT2D eigenvalue weighted by atomic mass is 79.9. The van der Waals surface area contributed by atoms with E-state index in [0.29, 0.717) is 12.0 Å². The highest BCUT2D eigenvalue weighted by molar-refractivity contribution is 9.11. The Morgan fingerprint density at radius 3 is 2.48 bits per heavy atom. The predicted molar refractivity (Wildman–Crippen MR) is 96.9 cm³/mol. The fourth-order valence-corrected chi connectivity index (χ4v) is 3.93. The normalized spacial score (nSPS) is 22.0. The SMILES string of the molecule is Brc1ccc(Br)c(NC2CCCCC2c2ccccc2)c1. The van der Waals surface area contributed by atoms with E-state index < -0.39 is 0 Å².